The molecule has 1 amide bonds. The van der Waals surface area contributed by atoms with Gasteiger partial charge in [-0.05, 0) is 32.4 Å². The van der Waals surface area contributed by atoms with E-state index in [-0.39, 0.29) is 12.0 Å². The van der Waals surface area contributed by atoms with Crippen molar-refractivity contribution in [2.45, 2.75) is 32.3 Å². The molecule has 0 radical (unpaired) electrons. The average Bonchev–Trinajstić information content (AvgIpc) is 2.63. The second-order valence-corrected chi connectivity index (χ2v) is 6.32. The normalized spacial score (nSPS) is 16.0. The summed E-state index contributed by atoms with van der Waals surface area (Å²) in [6.45, 7) is 6.91. The Hall–Kier alpha value is -2.31. The first-order chi connectivity index (χ1) is 9.82. The van der Waals surface area contributed by atoms with Gasteiger partial charge < -0.3 is 15.4 Å². The molecule has 0 atom stereocenters. The lowest BCUT2D eigenvalue weighted by Crippen LogP contribution is -2.50. The number of rotatable bonds is 1. The molecule has 7 nitrogen and oxygen atoms in total. The fourth-order valence-corrected chi connectivity index (χ4v) is 2.32. The van der Waals surface area contributed by atoms with Gasteiger partial charge in [0, 0.05) is 25.2 Å². The van der Waals surface area contributed by atoms with Crippen molar-refractivity contribution in [3.05, 3.63) is 23.9 Å². The summed E-state index contributed by atoms with van der Waals surface area (Å²) in [7, 11) is 0. The van der Waals surface area contributed by atoms with Crippen LogP contribution >= 0.6 is 0 Å². The number of hydrogen-bond donors (Lipinski definition) is 1. The van der Waals surface area contributed by atoms with Crippen LogP contribution in [0.4, 0.5) is 10.7 Å². The van der Waals surface area contributed by atoms with Crippen LogP contribution in [0, 0.1) is 0 Å². The fourth-order valence-electron chi connectivity index (χ4n) is 2.32. The first-order valence-electron chi connectivity index (χ1n) is 6.91. The van der Waals surface area contributed by atoms with Crippen molar-refractivity contribution in [1.82, 2.24) is 19.5 Å². The Kier molecular flexibility index (Phi) is 3.00. The molecule has 1 saturated heterocycles. The monoisotopic (exact) mass is 289 g/mol. The predicted octanol–water partition coefficient (Wildman–Crippen LogP) is 1.65. The van der Waals surface area contributed by atoms with E-state index in [9.17, 15) is 4.79 Å². The van der Waals surface area contributed by atoms with E-state index in [2.05, 4.69) is 10.1 Å². The number of nitrogens with two attached hydrogens (primary N) is 1. The van der Waals surface area contributed by atoms with E-state index < -0.39 is 5.60 Å². The number of ether oxygens (including phenoxy) is 1. The van der Waals surface area contributed by atoms with E-state index in [0.717, 1.165) is 11.2 Å². The van der Waals surface area contributed by atoms with Crippen LogP contribution in [0.1, 0.15) is 32.3 Å². The van der Waals surface area contributed by atoms with Crippen LogP contribution in [-0.2, 0) is 4.74 Å². The smallest absolute Gasteiger partial charge is 0.410 e. The van der Waals surface area contributed by atoms with Gasteiger partial charge in [0.25, 0.3) is 0 Å². The maximum atomic E-state index is 11.9. The molecule has 0 aromatic carbocycles. The Labute approximate surface area is 122 Å². The van der Waals surface area contributed by atoms with Crippen molar-refractivity contribution in [3.8, 4) is 0 Å². The summed E-state index contributed by atoms with van der Waals surface area (Å²) in [5.74, 6) is 0.559. The summed E-state index contributed by atoms with van der Waals surface area (Å²) in [6, 6.07) is 3.88. The van der Waals surface area contributed by atoms with Crippen LogP contribution in [-0.4, -0.2) is 44.3 Å². The lowest BCUT2D eigenvalue weighted by Gasteiger charge is -2.39. The maximum absolute atomic E-state index is 11.9. The van der Waals surface area contributed by atoms with Crippen LogP contribution < -0.4 is 5.73 Å². The van der Waals surface area contributed by atoms with Crippen molar-refractivity contribution in [2.75, 3.05) is 18.8 Å². The first-order valence-corrected chi connectivity index (χ1v) is 6.91. The molecule has 1 aliphatic rings. The zero-order valence-electron chi connectivity index (χ0n) is 12.4. The van der Waals surface area contributed by atoms with Crippen LogP contribution in [0.15, 0.2) is 18.3 Å². The molecule has 0 spiro atoms. The van der Waals surface area contributed by atoms with E-state index in [1.165, 1.54) is 0 Å². The molecule has 0 saturated carbocycles. The zero-order valence-corrected chi connectivity index (χ0v) is 12.4. The highest BCUT2D eigenvalue weighted by atomic mass is 16.6. The Bertz CT molecular complexity index is 682. The third kappa shape index (κ3) is 2.76. The predicted molar refractivity (Wildman–Crippen MR) is 77.9 cm³/mol. The number of likely N-dealkylation sites (tertiary alicyclic amines) is 1. The number of carbonyl (C=O) groups is 1. The van der Waals surface area contributed by atoms with Gasteiger partial charge in [0.1, 0.15) is 5.60 Å². The van der Waals surface area contributed by atoms with E-state index in [1.807, 2.05) is 39.1 Å². The molecule has 112 valence electrons. The van der Waals surface area contributed by atoms with Crippen molar-refractivity contribution >= 4 is 17.7 Å². The number of nitrogens with zero attached hydrogens (tertiary/aromatic N) is 4. The van der Waals surface area contributed by atoms with Gasteiger partial charge in [0.15, 0.2) is 5.65 Å². The Morgan fingerprint density at radius 1 is 1.38 bits per heavy atom. The molecular weight excluding hydrogens is 270 g/mol. The average molecular weight is 289 g/mol. The lowest BCUT2D eigenvalue weighted by atomic mass is 9.93. The third-order valence-corrected chi connectivity index (χ3v) is 3.37. The molecule has 21 heavy (non-hydrogen) atoms. The summed E-state index contributed by atoms with van der Waals surface area (Å²) in [4.78, 5) is 17.7. The maximum Gasteiger partial charge on any atom is 0.410 e. The van der Waals surface area contributed by atoms with Crippen LogP contribution in [0.3, 0.4) is 0 Å². The molecule has 3 rings (SSSR count). The van der Waals surface area contributed by atoms with E-state index in [1.54, 1.807) is 9.42 Å². The highest BCUT2D eigenvalue weighted by Gasteiger charge is 2.34. The summed E-state index contributed by atoms with van der Waals surface area (Å²) in [5.41, 5.74) is 6.95. The van der Waals surface area contributed by atoms with Gasteiger partial charge in [0.2, 0.25) is 5.95 Å². The number of pyridine rings is 1. The van der Waals surface area contributed by atoms with Gasteiger partial charge in [-0.3, -0.25) is 0 Å². The van der Waals surface area contributed by atoms with Gasteiger partial charge >= 0.3 is 6.09 Å². The number of anilines is 1. The second-order valence-electron chi connectivity index (χ2n) is 6.32. The molecular formula is C14H19N5O2. The van der Waals surface area contributed by atoms with Gasteiger partial charge in [-0.1, -0.05) is 6.07 Å². The first kappa shape index (κ1) is 13.7. The van der Waals surface area contributed by atoms with Crippen LogP contribution in [0.2, 0.25) is 0 Å². The summed E-state index contributed by atoms with van der Waals surface area (Å²) in [6.07, 6.45) is 1.65. The van der Waals surface area contributed by atoms with Gasteiger partial charge in [-0.25, -0.2) is 9.31 Å². The number of carbonyl (C=O) groups excluding carboxylic acids is 1. The highest BCUT2D eigenvalue weighted by molar-refractivity contribution is 5.69. The number of amides is 1. The largest absolute Gasteiger partial charge is 0.444 e. The minimum Gasteiger partial charge on any atom is -0.444 e. The molecule has 2 aromatic rings. The molecule has 0 bridgehead atoms. The summed E-state index contributed by atoms with van der Waals surface area (Å²) >= 11 is 0. The molecule has 0 unspecified atom stereocenters. The quantitative estimate of drug-likeness (QED) is 0.862. The van der Waals surface area contributed by atoms with Crippen molar-refractivity contribution in [2.24, 2.45) is 0 Å². The van der Waals surface area contributed by atoms with E-state index in [4.69, 9.17) is 10.5 Å². The van der Waals surface area contributed by atoms with Crippen molar-refractivity contribution < 1.29 is 9.53 Å². The molecule has 1 fully saturated rings. The Morgan fingerprint density at radius 2 is 2.10 bits per heavy atom. The minimum atomic E-state index is -0.459. The number of fused-ring (bicyclic) bond motifs is 1. The molecule has 2 aromatic heterocycles. The van der Waals surface area contributed by atoms with Gasteiger partial charge in [-0.15, -0.1) is 5.10 Å². The fraction of sp³-hybridized carbons (Fsp3) is 0.500. The number of hydrogen-bond acceptors (Lipinski definition) is 5. The molecule has 2 N–H and O–H groups in total. The standard InChI is InChI=1S/C14H19N5O2/c1-14(2,3)21-13(20)18-6-10(7-18)9-4-5-11-16-12(15)17-19(11)8-9/h4-5,8,10H,6-7H2,1-3H3,(H2,15,17). The van der Waals surface area contributed by atoms with Crippen LogP contribution in [0.25, 0.3) is 5.65 Å². The zero-order chi connectivity index (χ0) is 15.2. The van der Waals surface area contributed by atoms with Crippen molar-refractivity contribution in [1.29, 1.82) is 0 Å². The molecule has 7 heteroatoms. The number of aromatic nitrogens is 3. The second kappa shape index (κ2) is 4.61. The topological polar surface area (TPSA) is 85.8 Å². The van der Waals surface area contributed by atoms with Crippen LogP contribution in [0.5, 0.6) is 0 Å². The summed E-state index contributed by atoms with van der Waals surface area (Å²) in [5, 5.41) is 4.10. The Morgan fingerprint density at radius 3 is 2.76 bits per heavy atom. The number of nitrogen functional groups attached to an aromatic ring is 1. The van der Waals surface area contributed by atoms with E-state index in [0.29, 0.717) is 19.0 Å². The van der Waals surface area contributed by atoms with Crippen molar-refractivity contribution in [3.63, 3.8) is 0 Å². The SMILES string of the molecule is CC(C)(C)OC(=O)N1CC(c2ccc3nc(N)nn3c2)C1. The highest BCUT2D eigenvalue weighted by Crippen LogP contribution is 2.28. The van der Waals surface area contributed by atoms with E-state index >= 15 is 0 Å². The molecule has 0 aliphatic carbocycles. The van der Waals surface area contributed by atoms with Gasteiger partial charge in [-0.2, -0.15) is 4.98 Å². The summed E-state index contributed by atoms with van der Waals surface area (Å²) < 4.78 is 7.01. The molecule has 3 heterocycles. The minimum absolute atomic E-state index is 0.259. The third-order valence-electron chi connectivity index (χ3n) is 3.37. The lowest BCUT2D eigenvalue weighted by molar-refractivity contribution is 0.00816. The van der Waals surface area contributed by atoms with Gasteiger partial charge in [0.05, 0.1) is 0 Å². The molecule has 1 aliphatic heterocycles. The Balaban J connectivity index is 1.66.